The Bertz CT molecular complexity index is 1670. The number of aliphatic hydroxyl groups excluding tert-OH is 1. The van der Waals surface area contributed by atoms with Crippen LogP contribution in [0.1, 0.15) is 35.3 Å². The first-order chi connectivity index (χ1) is 19.9. The second kappa shape index (κ2) is 13.1. The van der Waals surface area contributed by atoms with Gasteiger partial charge in [-0.1, -0.05) is 60.7 Å². The molecule has 0 radical (unpaired) electrons. The van der Waals surface area contributed by atoms with Crippen molar-refractivity contribution in [3.8, 4) is 11.1 Å². The SMILES string of the molecule is COCc1cc(-c2cccc(S(=O)(=O)N(C)CC(O)CNC(C)(C)Cc3ccc4ccccc4c3)c2)ccc1C(=O)O. The van der Waals surface area contributed by atoms with E-state index in [0.717, 1.165) is 10.7 Å². The highest BCUT2D eigenvalue weighted by molar-refractivity contribution is 7.89. The van der Waals surface area contributed by atoms with Crippen LogP contribution in [-0.4, -0.2) is 67.8 Å². The molecule has 0 fully saturated rings. The van der Waals surface area contributed by atoms with Gasteiger partial charge in [-0.3, -0.25) is 0 Å². The number of hydrogen-bond donors (Lipinski definition) is 3. The summed E-state index contributed by atoms with van der Waals surface area (Å²) >= 11 is 0. The second-order valence-corrected chi connectivity index (χ2v) is 13.2. The average Bonchev–Trinajstić information content (AvgIpc) is 2.96. The molecule has 0 saturated heterocycles. The topological polar surface area (TPSA) is 116 Å². The van der Waals surface area contributed by atoms with Crippen molar-refractivity contribution in [2.45, 2.75) is 43.4 Å². The van der Waals surface area contributed by atoms with Crippen LogP contribution in [0, 0.1) is 0 Å². The third-order valence-electron chi connectivity index (χ3n) is 7.26. The number of nitrogens with zero attached hydrogens (tertiary/aromatic N) is 1. The Kier molecular flexibility index (Phi) is 9.81. The van der Waals surface area contributed by atoms with Crippen molar-refractivity contribution in [2.24, 2.45) is 0 Å². The molecule has 1 atom stereocenters. The van der Waals surface area contributed by atoms with E-state index in [4.69, 9.17) is 4.74 Å². The third kappa shape index (κ3) is 7.61. The van der Waals surface area contributed by atoms with Crippen molar-refractivity contribution in [1.29, 1.82) is 0 Å². The molecule has 0 bridgehead atoms. The Balaban J connectivity index is 1.41. The number of carbonyl (C=O) groups is 1. The van der Waals surface area contributed by atoms with Crippen molar-refractivity contribution in [3.63, 3.8) is 0 Å². The molecule has 4 aromatic carbocycles. The lowest BCUT2D eigenvalue weighted by molar-refractivity contribution is 0.0692. The summed E-state index contributed by atoms with van der Waals surface area (Å²) in [6.07, 6.45) is -0.186. The number of β-amino-alcohol motifs (C(OH)–C–C–N with tert-alkyl or cyclic N) is 1. The zero-order chi connectivity index (χ0) is 30.5. The number of carboxylic acid groups (broad SMARTS) is 1. The van der Waals surface area contributed by atoms with Crippen molar-refractivity contribution >= 4 is 26.8 Å². The normalized spacial score (nSPS) is 13.0. The van der Waals surface area contributed by atoms with Crippen LogP contribution in [0.25, 0.3) is 21.9 Å². The first-order valence-corrected chi connectivity index (χ1v) is 15.2. The smallest absolute Gasteiger partial charge is 0.336 e. The Morgan fingerprint density at radius 1 is 0.952 bits per heavy atom. The standard InChI is InChI=1S/C33H38N2O6S/c1-33(2,19-23-12-13-24-8-5-6-9-25(24)16-23)34-20-29(36)21-35(3)42(39,40)30-11-7-10-26(18-30)27-14-15-31(32(37)38)28(17-27)22-41-4/h5-18,29,34,36H,19-22H2,1-4H3,(H,37,38). The van der Waals surface area contributed by atoms with Gasteiger partial charge in [0.05, 0.1) is 23.2 Å². The Labute approximate surface area is 247 Å². The first-order valence-electron chi connectivity index (χ1n) is 13.7. The number of carboxylic acids is 1. The van der Waals surface area contributed by atoms with E-state index in [0.29, 0.717) is 16.7 Å². The summed E-state index contributed by atoms with van der Waals surface area (Å²) < 4.78 is 33.1. The summed E-state index contributed by atoms with van der Waals surface area (Å²) in [4.78, 5) is 11.6. The minimum Gasteiger partial charge on any atom is -0.478 e. The van der Waals surface area contributed by atoms with Gasteiger partial charge >= 0.3 is 5.97 Å². The summed E-state index contributed by atoms with van der Waals surface area (Å²) in [6.45, 7) is 4.36. The van der Waals surface area contributed by atoms with E-state index in [1.165, 1.54) is 42.6 Å². The lowest BCUT2D eigenvalue weighted by Gasteiger charge is -2.29. The van der Waals surface area contributed by atoms with Gasteiger partial charge in [-0.25, -0.2) is 13.2 Å². The summed E-state index contributed by atoms with van der Waals surface area (Å²) in [6, 6.07) is 25.9. The van der Waals surface area contributed by atoms with Gasteiger partial charge < -0.3 is 20.3 Å². The maximum atomic E-state index is 13.4. The summed E-state index contributed by atoms with van der Waals surface area (Å²) in [5.41, 5.74) is 2.76. The molecule has 0 aliphatic heterocycles. The summed E-state index contributed by atoms with van der Waals surface area (Å²) in [5.74, 6) is -1.06. The molecular weight excluding hydrogens is 552 g/mol. The van der Waals surface area contributed by atoms with Crippen LogP contribution in [0.4, 0.5) is 0 Å². The molecular formula is C33H38N2O6S. The van der Waals surface area contributed by atoms with Gasteiger partial charge in [0.1, 0.15) is 0 Å². The fourth-order valence-electron chi connectivity index (χ4n) is 5.05. The van der Waals surface area contributed by atoms with E-state index in [9.17, 15) is 23.4 Å². The average molecular weight is 591 g/mol. The van der Waals surface area contributed by atoms with E-state index >= 15 is 0 Å². The van der Waals surface area contributed by atoms with Crippen LogP contribution >= 0.6 is 0 Å². The fraction of sp³-hybridized carbons (Fsp3) is 0.303. The van der Waals surface area contributed by atoms with Gasteiger partial charge in [0, 0.05) is 32.8 Å². The lowest BCUT2D eigenvalue weighted by Crippen LogP contribution is -2.47. The van der Waals surface area contributed by atoms with Crippen molar-refractivity contribution in [1.82, 2.24) is 9.62 Å². The number of aromatic carboxylic acids is 1. The first kappa shape index (κ1) is 31.3. The molecule has 4 rings (SSSR count). The van der Waals surface area contributed by atoms with Gasteiger partial charge in [0.2, 0.25) is 10.0 Å². The number of nitrogens with one attached hydrogen (secondary N) is 1. The highest BCUT2D eigenvalue weighted by Crippen LogP contribution is 2.27. The number of ether oxygens (including phenoxy) is 1. The minimum atomic E-state index is -3.90. The monoisotopic (exact) mass is 590 g/mol. The van der Waals surface area contributed by atoms with Crippen LogP contribution in [0.3, 0.4) is 0 Å². The lowest BCUT2D eigenvalue weighted by atomic mass is 9.93. The number of fused-ring (bicyclic) bond motifs is 1. The van der Waals surface area contributed by atoms with Crippen molar-refractivity contribution in [2.75, 3.05) is 27.2 Å². The van der Waals surface area contributed by atoms with E-state index in [-0.39, 0.29) is 35.7 Å². The summed E-state index contributed by atoms with van der Waals surface area (Å²) in [5, 5.41) is 26.0. The number of aliphatic hydroxyl groups is 1. The van der Waals surface area contributed by atoms with Crippen LogP contribution in [0.2, 0.25) is 0 Å². The van der Waals surface area contributed by atoms with Crippen molar-refractivity contribution < 1.29 is 28.2 Å². The van der Waals surface area contributed by atoms with Gasteiger partial charge in [0.15, 0.2) is 0 Å². The number of benzene rings is 4. The molecule has 8 nitrogen and oxygen atoms in total. The predicted molar refractivity (Wildman–Crippen MR) is 165 cm³/mol. The largest absolute Gasteiger partial charge is 0.478 e. The molecule has 0 heterocycles. The molecule has 0 amide bonds. The van der Waals surface area contributed by atoms with Crippen molar-refractivity contribution in [3.05, 3.63) is 102 Å². The predicted octanol–water partition coefficient (Wildman–Crippen LogP) is 4.94. The van der Waals surface area contributed by atoms with Crippen LogP contribution in [0.5, 0.6) is 0 Å². The minimum absolute atomic E-state index is 0.0786. The maximum Gasteiger partial charge on any atom is 0.336 e. The van der Waals surface area contributed by atoms with Gasteiger partial charge in [0.25, 0.3) is 0 Å². The van der Waals surface area contributed by atoms with Gasteiger partial charge in [-0.2, -0.15) is 4.31 Å². The number of hydrogen-bond acceptors (Lipinski definition) is 6. The van der Waals surface area contributed by atoms with Crippen LogP contribution in [0.15, 0.2) is 89.8 Å². The molecule has 0 saturated carbocycles. The maximum absolute atomic E-state index is 13.4. The van der Waals surface area contributed by atoms with Crippen LogP contribution in [-0.2, 0) is 27.8 Å². The number of likely N-dealkylation sites (N-methyl/N-ethyl adjacent to an activating group) is 1. The molecule has 0 aliphatic rings. The Morgan fingerprint density at radius 3 is 2.38 bits per heavy atom. The van der Waals surface area contributed by atoms with E-state index in [1.807, 2.05) is 12.1 Å². The number of sulfonamides is 1. The van der Waals surface area contributed by atoms with E-state index in [1.54, 1.807) is 30.3 Å². The molecule has 1 unspecified atom stereocenters. The number of methoxy groups -OCH3 is 1. The third-order valence-corrected chi connectivity index (χ3v) is 9.07. The molecule has 9 heteroatoms. The quantitative estimate of drug-likeness (QED) is 0.202. The van der Waals surface area contributed by atoms with E-state index in [2.05, 4.69) is 49.5 Å². The van der Waals surface area contributed by atoms with Gasteiger partial charge in [-0.05, 0) is 77.6 Å². The highest BCUT2D eigenvalue weighted by Gasteiger charge is 2.25. The molecule has 0 spiro atoms. The highest BCUT2D eigenvalue weighted by atomic mass is 32.2. The molecule has 3 N–H and O–H groups in total. The number of rotatable bonds is 13. The molecule has 0 aromatic heterocycles. The zero-order valence-corrected chi connectivity index (χ0v) is 25.2. The second-order valence-electron chi connectivity index (χ2n) is 11.2. The van der Waals surface area contributed by atoms with Gasteiger partial charge in [-0.15, -0.1) is 0 Å². The van der Waals surface area contributed by atoms with E-state index < -0.39 is 22.1 Å². The Hall–Kier alpha value is -3.60. The Morgan fingerprint density at radius 2 is 1.67 bits per heavy atom. The molecule has 0 aliphatic carbocycles. The fourth-order valence-corrected chi connectivity index (χ4v) is 6.30. The summed E-state index contributed by atoms with van der Waals surface area (Å²) in [7, 11) is -0.971. The van der Waals surface area contributed by atoms with Crippen LogP contribution < -0.4 is 5.32 Å². The molecule has 4 aromatic rings. The zero-order valence-electron chi connectivity index (χ0n) is 24.4. The molecule has 42 heavy (non-hydrogen) atoms. The molecule has 222 valence electrons.